The summed E-state index contributed by atoms with van der Waals surface area (Å²) in [6, 6.07) is 9.81. The van der Waals surface area contributed by atoms with Crippen molar-refractivity contribution in [2.75, 3.05) is 13.2 Å². The van der Waals surface area contributed by atoms with Gasteiger partial charge < -0.3 is 0 Å². The molecule has 0 saturated carbocycles. The first-order valence-corrected chi connectivity index (χ1v) is 21.6. The number of rotatable bonds is 9. The average molecular weight is 634 g/mol. The second-order valence-electron chi connectivity index (χ2n) is 12.0. The van der Waals surface area contributed by atoms with Gasteiger partial charge in [0.15, 0.2) is 0 Å². The molecule has 2 aromatic heterocycles. The van der Waals surface area contributed by atoms with Gasteiger partial charge in [0.2, 0.25) is 0 Å². The Morgan fingerprint density at radius 1 is 1.21 bits per heavy atom. The van der Waals surface area contributed by atoms with Gasteiger partial charge in [-0.3, -0.25) is 0 Å². The molecule has 3 aliphatic rings. The van der Waals surface area contributed by atoms with Crippen LogP contribution >= 0.6 is 0 Å². The Labute approximate surface area is 246 Å². The number of carbonyl (C=O) groups is 2. The second-order valence-corrected chi connectivity index (χ2v) is 23.1. The molecule has 1 atom stereocenters. The van der Waals surface area contributed by atoms with Crippen LogP contribution in [0.25, 0.3) is 22.3 Å². The molecule has 42 heavy (non-hydrogen) atoms. The van der Waals surface area contributed by atoms with Crippen molar-refractivity contribution < 1.29 is 29.0 Å². The van der Waals surface area contributed by atoms with Crippen LogP contribution in [0.4, 0.5) is 0 Å². The second kappa shape index (κ2) is 11.0. The molecule has 11 heteroatoms. The van der Waals surface area contributed by atoms with Crippen LogP contribution in [-0.4, -0.2) is 53.0 Å². The van der Waals surface area contributed by atoms with Gasteiger partial charge in [-0.15, -0.1) is 0 Å². The maximum atomic E-state index is 13.7. The van der Waals surface area contributed by atoms with Gasteiger partial charge in [0, 0.05) is 0 Å². The Balaban J connectivity index is 1.27. The molecule has 220 valence electrons. The summed E-state index contributed by atoms with van der Waals surface area (Å²) in [5.41, 5.74) is 5.59. The molecule has 0 fully saturated rings. The van der Waals surface area contributed by atoms with Crippen molar-refractivity contribution >= 4 is 36.1 Å². The van der Waals surface area contributed by atoms with Gasteiger partial charge in [0.1, 0.15) is 0 Å². The number of aromatic nitrogens is 2. The number of cyclic esters (lactones) is 1. The zero-order chi connectivity index (χ0) is 29.6. The molecule has 0 saturated heterocycles. The van der Waals surface area contributed by atoms with Crippen LogP contribution < -0.4 is 11.0 Å². The number of nitrogens with one attached hydrogen (secondary N) is 1. The molecule has 3 aliphatic heterocycles. The van der Waals surface area contributed by atoms with E-state index in [4.69, 9.17) is 19.3 Å². The molecule has 0 radical (unpaired) electrons. The first-order valence-electron chi connectivity index (χ1n) is 14.5. The van der Waals surface area contributed by atoms with E-state index in [2.05, 4.69) is 23.1 Å². The summed E-state index contributed by atoms with van der Waals surface area (Å²) >= 11 is -2.25. The zero-order valence-corrected chi connectivity index (χ0v) is 26.2. The Morgan fingerprint density at radius 3 is 2.79 bits per heavy atom. The fourth-order valence-electron chi connectivity index (χ4n) is 6.19. The van der Waals surface area contributed by atoms with E-state index >= 15 is 0 Å². The zero-order valence-electron chi connectivity index (χ0n) is 24.1. The number of hydroxylamine groups is 1. The number of hydrogen-bond acceptors (Lipinski definition) is 9. The van der Waals surface area contributed by atoms with Gasteiger partial charge in [-0.1, -0.05) is 0 Å². The van der Waals surface area contributed by atoms with Crippen molar-refractivity contribution in [2.24, 2.45) is 0 Å². The van der Waals surface area contributed by atoms with Crippen LogP contribution in [0.5, 0.6) is 0 Å². The number of benzene rings is 1. The molecular weight excluding hydrogens is 599 g/mol. The quantitative estimate of drug-likeness (QED) is 0.161. The first-order chi connectivity index (χ1) is 20.1. The van der Waals surface area contributed by atoms with E-state index in [0.717, 1.165) is 45.5 Å². The van der Waals surface area contributed by atoms with E-state index in [1.165, 1.54) is 5.56 Å². The number of pyridine rings is 2. The average Bonchev–Trinajstić information content (AvgIpc) is 3.65. The van der Waals surface area contributed by atoms with Crippen molar-refractivity contribution in [2.45, 2.75) is 67.0 Å². The molecule has 10 nitrogen and oxygen atoms in total. The van der Waals surface area contributed by atoms with Crippen LogP contribution in [0.15, 0.2) is 47.0 Å². The van der Waals surface area contributed by atoms with Crippen molar-refractivity contribution in [3.63, 3.8) is 0 Å². The molecule has 0 spiro atoms. The normalized spacial score (nSPS) is 19.0. The number of nitrogens with zero attached hydrogens (tertiary/aromatic N) is 2. The Kier molecular flexibility index (Phi) is 7.48. The van der Waals surface area contributed by atoms with E-state index in [0.29, 0.717) is 36.5 Å². The summed E-state index contributed by atoms with van der Waals surface area (Å²) in [6.45, 7) is 2.80. The van der Waals surface area contributed by atoms with Crippen LogP contribution in [-0.2, 0) is 49.1 Å². The third-order valence-corrected chi connectivity index (χ3v) is 15.7. The molecule has 1 aromatic carbocycles. The summed E-state index contributed by atoms with van der Waals surface area (Å²) in [5.74, 6) is 3.85. The van der Waals surface area contributed by atoms with Gasteiger partial charge in [-0.05, 0) is 0 Å². The predicted molar refractivity (Wildman–Crippen MR) is 158 cm³/mol. The van der Waals surface area contributed by atoms with E-state index < -0.39 is 30.8 Å². The number of aliphatic hydroxyl groups is 1. The van der Waals surface area contributed by atoms with E-state index in [9.17, 15) is 19.5 Å². The van der Waals surface area contributed by atoms with Crippen LogP contribution in [0.1, 0.15) is 42.0 Å². The number of para-hydroxylation sites is 1. The predicted octanol–water partition coefficient (Wildman–Crippen LogP) is 3.68. The van der Waals surface area contributed by atoms with Crippen molar-refractivity contribution in [3.05, 3.63) is 74.8 Å². The van der Waals surface area contributed by atoms with Crippen molar-refractivity contribution in [1.29, 1.82) is 0 Å². The number of ether oxygens (including phenoxy) is 2. The van der Waals surface area contributed by atoms with Gasteiger partial charge in [0.25, 0.3) is 0 Å². The first kappa shape index (κ1) is 28.6. The number of aryl methyl sites for hydroxylation is 1. The Hall–Kier alpha value is -3.48. The molecule has 3 aromatic rings. The summed E-state index contributed by atoms with van der Waals surface area (Å²) < 4.78 is 12.3. The van der Waals surface area contributed by atoms with E-state index in [-0.39, 0.29) is 24.3 Å². The summed E-state index contributed by atoms with van der Waals surface area (Å²) in [6.07, 6.45) is 3.43. The summed E-state index contributed by atoms with van der Waals surface area (Å²) in [7, 11) is 0. The molecule has 2 N–H and O–H groups in total. The third kappa shape index (κ3) is 4.95. The van der Waals surface area contributed by atoms with Gasteiger partial charge >= 0.3 is 246 Å². The number of hydrogen-bond donors (Lipinski definition) is 2. The van der Waals surface area contributed by atoms with Crippen molar-refractivity contribution in [3.8, 4) is 11.4 Å². The number of carbonyl (C=O) groups excluding carboxylic acids is 2. The monoisotopic (exact) mass is 635 g/mol. The fourth-order valence-corrected chi connectivity index (χ4v) is 11.0. The van der Waals surface area contributed by atoms with Gasteiger partial charge in [0.05, 0.1) is 0 Å². The standard InChI is InChI=1S/C31H35GeN3O7/c1-4-31(39)23-16-25-27-21(17-35(25)28(36)22(23)18-41-30(31)38)19(20-8-5-6-9-24(20)34-27)10-13-32(2,3)12-7-15-40-29(37)26-11-14-33-42-26/h5-6,8-9,11,16,33,39H,4,7,10,12-15,17-18H2,1-3H3/t31-/m0/s1. The van der Waals surface area contributed by atoms with Crippen LogP contribution in [0.2, 0.25) is 22.0 Å². The molecule has 0 unspecified atom stereocenters. The molecule has 0 amide bonds. The maximum absolute atomic E-state index is 13.7. The van der Waals surface area contributed by atoms with E-state index in [1.54, 1.807) is 23.6 Å². The van der Waals surface area contributed by atoms with Gasteiger partial charge in [-0.25, -0.2) is 0 Å². The fraction of sp³-hybridized carbons (Fsp3) is 0.419. The Bertz CT molecular complexity index is 1700. The van der Waals surface area contributed by atoms with E-state index in [1.807, 2.05) is 18.2 Å². The summed E-state index contributed by atoms with van der Waals surface area (Å²) in [4.78, 5) is 48.3. The minimum absolute atomic E-state index is 0.106. The van der Waals surface area contributed by atoms with Crippen LogP contribution in [0.3, 0.4) is 0 Å². The summed E-state index contributed by atoms with van der Waals surface area (Å²) in [5, 5.41) is 14.4. The number of fused-ring (bicyclic) bond motifs is 5. The van der Waals surface area contributed by atoms with Gasteiger partial charge in [-0.2, -0.15) is 0 Å². The third-order valence-electron chi connectivity index (χ3n) is 8.75. The van der Waals surface area contributed by atoms with Crippen molar-refractivity contribution in [1.82, 2.24) is 15.0 Å². The molecule has 6 rings (SSSR count). The minimum atomic E-state index is -2.25. The molecular formula is C31H35GeN3O7. The Morgan fingerprint density at radius 2 is 2.02 bits per heavy atom. The topological polar surface area (TPSA) is 129 Å². The van der Waals surface area contributed by atoms with Crippen LogP contribution in [0, 0.1) is 0 Å². The molecule has 5 heterocycles. The number of esters is 2. The molecule has 0 bridgehead atoms. The molecule has 0 aliphatic carbocycles. The SMILES string of the molecule is CC[C@@]1(O)C(=O)OCc2c1cc1n(c2=O)Cc2c-1nc1ccccc1c2C[CH2][Ge]([CH3])([CH3])[CH2]CCOC(=O)C1=CCNO1.